The zero-order valence-electron chi connectivity index (χ0n) is 15.2. The molecule has 0 saturated carbocycles. The Morgan fingerprint density at radius 3 is 2.84 bits per heavy atom. The van der Waals surface area contributed by atoms with E-state index in [-0.39, 0.29) is 17.9 Å². The molecule has 2 atom stereocenters. The molecule has 4 nitrogen and oxygen atoms in total. The molecule has 2 aliphatic rings. The van der Waals surface area contributed by atoms with E-state index in [1.165, 1.54) is 5.56 Å². The zero-order chi connectivity index (χ0) is 17.7. The Morgan fingerprint density at radius 1 is 1.32 bits per heavy atom. The largest absolute Gasteiger partial charge is 0.396 e. The van der Waals surface area contributed by atoms with Crippen LogP contribution in [0.1, 0.15) is 38.2 Å². The quantitative estimate of drug-likeness (QED) is 0.895. The molecule has 1 N–H and O–H groups in total. The van der Waals surface area contributed by atoms with Crippen molar-refractivity contribution in [2.75, 3.05) is 32.8 Å². The summed E-state index contributed by atoms with van der Waals surface area (Å²) < 4.78 is 0. The Labute approximate surface area is 151 Å². The van der Waals surface area contributed by atoms with Gasteiger partial charge in [-0.15, -0.1) is 0 Å². The van der Waals surface area contributed by atoms with Crippen molar-refractivity contribution in [3.05, 3.63) is 42.0 Å². The van der Waals surface area contributed by atoms with E-state index in [2.05, 4.69) is 41.3 Å². The number of hydrogen-bond donors (Lipinski definition) is 1. The molecule has 0 aliphatic carbocycles. The third-order valence-corrected chi connectivity index (χ3v) is 5.87. The molecular weight excluding hydrogens is 312 g/mol. The van der Waals surface area contributed by atoms with Crippen molar-refractivity contribution < 1.29 is 9.90 Å². The van der Waals surface area contributed by atoms with E-state index in [1.54, 1.807) is 0 Å². The maximum Gasteiger partial charge on any atom is 0.222 e. The van der Waals surface area contributed by atoms with E-state index in [0.29, 0.717) is 19.0 Å². The van der Waals surface area contributed by atoms with E-state index in [0.717, 1.165) is 38.9 Å². The number of amides is 1. The molecule has 0 radical (unpaired) electrons. The topological polar surface area (TPSA) is 43.8 Å². The molecule has 0 bridgehead atoms. The Morgan fingerprint density at radius 2 is 2.12 bits per heavy atom. The lowest BCUT2D eigenvalue weighted by molar-refractivity contribution is -0.141. The maximum absolute atomic E-state index is 12.1. The second-order valence-electron chi connectivity index (χ2n) is 7.41. The predicted molar refractivity (Wildman–Crippen MR) is 101 cm³/mol. The smallest absolute Gasteiger partial charge is 0.222 e. The van der Waals surface area contributed by atoms with E-state index >= 15 is 0 Å². The first-order valence-electron chi connectivity index (χ1n) is 9.53. The SMILES string of the molecule is CCC(=O)N1CC[C@H]2N(C/C=C/c3ccccc3)CCC[C@]2(CO)C1. The Hall–Kier alpha value is -1.65. The summed E-state index contributed by atoms with van der Waals surface area (Å²) in [6, 6.07) is 10.7. The Bertz CT molecular complexity index is 601. The fourth-order valence-electron chi connectivity index (χ4n) is 4.53. The molecule has 3 rings (SSSR count). The number of piperidine rings is 2. The fourth-order valence-corrected chi connectivity index (χ4v) is 4.53. The number of carbonyl (C=O) groups is 1. The summed E-state index contributed by atoms with van der Waals surface area (Å²) in [4.78, 5) is 16.6. The predicted octanol–water partition coefficient (Wildman–Crippen LogP) is 2.79. The monoisotopic (exact) mass is 342 g/mol. The van der Waals surface area contributed by atoms with E-state index in [1.807, 2.05) is 17.9 Å². The van der Waals surface area contributed by atoms with Gasteiger partial charge in [0.15, 0.2) is 0 Å². The molecule has 2 aliphatic heterocycles. The number of aliphatic hydroxyl groups is 1. The standard InChI is InChI=1S/C21H30N2O2/c1-2-20(25)23-15-11-19-21(16-23,17-24)12-7-14-22(19)13-6-10-18-8-4-3-5-9-18/h3-6,8-10,19,24H,2,7,11-17H2,1H3/b10-6+/t19-,21-/m1/s1. The van der Waals surface area contributed by atoms with E-state index in [4.69, 9.17) is 0 Å². The molecule has 1 aromatic carbocycles. The highest BCUT2D eigenvalue weighted by molar-refractivity contribution is 5.76. The summed E-state index contributed by atoms with van der Waals surface area (Å²) in [5.74, 6) is 0.215. The number of likely N-dealkylation sites (tertiary alicyclic amines) is 2. The van der Waals surface area contributed by atoms with Gasteiger partial charge in [-0.1, -0.05) is 49.4 Å². The van der Waals surface area contributed by atoms with Gasteiger partial charge >= 0.3 is 0 Å². The van der Waals surface area contributed by atoms with Crippen LogP contribution in [0.3, 0.4) is 0 Å². The minimum atomic E-state index is -0.151. The van der Waals surface area contributed by atoms with Gasteiger partial charge in [0.25, 0.3) is 0 Å². The minimum absolute atomic E-state index is 0.151. The molecule has 2 fully saturated rings. The lowest BCUT2D eigenvalue weighted by Crippen LogP contribution is -2.63. The number of fused-ring (bicyclic) bond motifs is 1. The van der Waals surface area contributed by atoms with E-state index < -0.39 is 0 Å². The minimum Gasteiger partial charge on any atom is -0.396 e. The van der Waals surface area contributed by atoms with Crippen LogP contribution in [0, 0.1) is 5.41 Å². The summed E-state index contributed by atoms with van der Waals surface area (Å²) in [7, 11) is 0. The summed E-state index contributed by atoms with van der Waals surface area (Å²) in [5.41, 5.74) is 1.07. The van der Waals surface area contributed by atoms with Crippen molar-refractivity contribution in [1.29, 1.82) is 0 Å². The summed E-state index contributed by atoms with van der Waals surface area (Å²) in [5, 5.41) is 10.2. The average Bonchev–Trinajstić information content (AvgIpc) is 2.67. The first-order valence-corrected chi connectivity index (χ1v) is 9.53. The van der Waals surface area contributed by atoms with Crippen LogP contribution in [-0.2, 0) is 4.79 Å². The first-order chi connectivity index (χ1) is 12.2. The van der Waals surface area contributed by atoms with Crippen LogP contribution in [0.5, 0.6) is 0 Å². The summed E-state index contributed by atoms with van der Waals surface area (Å²) >= 11 is 0. The maximum atomic E-state index is 12.1. The van der Waals surface area contributed by atoms with Crippen molar-refractivity contribution in [1.82, 2.24) is 9.80 Å². The van der Waals surface area contributed by atoms with Gasteiger partial charge in [-0.3, -0.25) is 9.69 Å². The molecule has 25 heavy (non-hydrogen) atoms. The van der Waals surface area contributed by atoms with Crippen LogP contribution >= 0.6 is 0 Å². The van der Waals surface area contributed by atoms with Gasteiger partial charge in [-0.05, 0) is 31.4 Å². The number of rotatable bonds is 5. The fraction of sp³-hybridized carbons (Fsp3) is 0.571. The first kappa shape index (κ1) is 18.2. The highest BCUT2D eigenvalue weighted by Crippen LogP contribution is 2.41. The van der Waals surface area contributed by atoms with Gasteiger partial charge in [0.05, 0.1) is 6.61 Å². The number of carbonyl (C=O) groups excluding carboxylic acids is 1. The second kappa shape index (κ2) is 8.15. The third kappa shape index (κ3) is 3.96. The number of hydrogen-bond acceptors (Lipinski definition) is 3. The molecule has 136 valence electrons. The van der Waals surface area contributed by atoms with Crippen molar-refractivity contribution in [3.8, 4) is 0 Å². The van der Waals surface area contributed by atoms with Gasteiger partial charge < -0.3 is 10.0 Å². The summed E-state index contributed by atoms with van der Waals surface area (Å²) in [6.07, 6.45) is 8.02. The van der Waals surface area contributed by atoms with E-state index in [9.17, 15) is 9.90 Å². The lowest BCUT2D eigenvalue weighted by atomic mass is 9.69. The molecule has 2 heterocycles. The van der Waals surface area contributed by atoms with Crippen molar-refractivity contribution in [2.45, 2.75) is 38.6 Å². The number of nitrogens with zero attached hydrogens (tertiary/aromatic N) is 2. The lowest BCUT2D eigenvalue weighted by Gasteiger charge is -2.54. The second-order valence-corrected chi connectivity index (χ2v) is 7.41. The highest BCUT2D eigenvalue weighted by atomic mass is 16.3. The van der Waals surface area contributed by atoms with Crippen molar-refractivity contribution >= 4 is 12.0 Å². The molecule has 0 spiro atoms. The van der Waals surface area contributed by atoms with Gasteiger partial charge in [0.1, 0.15) is 0 Å². The zero-order valence-corrected chi connectivity index (χ0v) is 15.2. The number of aliphatic hydroxyl groups excluding tert-OH is 1. The van der Waals surface area contributed by atoms with Crippen LogP contribution < -0.4 is 0 Å². The summed E-state index contributed by atoms with van der Waals surface area (Å²) in [6.45, 7) is 5.60. The van der Waals surface area contributed by atoms with Gasteiger partial charge in [-0.25, -0.2) is 0 Å². The molecule has 1 amide bonds. The van der Waals surface area contributed by atoms with Crippen LogP contribution in [0.2, 0.25) is 0 Å². The molecule has 2 saturated heterocycles. The van der Waals surface area contributed by atoms with Crippen LogP contribution in [0.15, 0.2) is 36.4 Å². The van der Waals surface area contributed by atoms with Crippen LogP contribution in [0.4, 0.5) is 0 Å². The molecule has 1 aromatic rings. The number of benzene rings is 1. The molecule has 0 aromatic heterocycles. The third-order valence-electron chi connectivity index (χ3n) is 5.87. The van der Waals surface area contributed by atoms with Crippen LogP contribution in [-0.4, -0.2) is 59.6 Å². The normalized spacial score (nSPS) is 27.4. The van der Waals surface area contributed by atoms with Crippen LogP contribution in [0.25, 0.3) is 6.08 Å². The van der Waals surface area contributed by atoms with Gasteiger partial charge in [-0.2, -0.15) is 0 Å². The van der Waals surface area contributed by atoms with Gasteiger partial charge in [0, 0.05) is 37.5 Å². The van der Waals surface area contributed by atoms with Gasteiger partial charge in [0.2, 0.25) is 5.91 Å². The molecule has 0 unspecified atom stereocenters. The average molecular weight is 342 g/mol. The highest BCUT2D eigenvalue weighted by Gasteiger charge is 2.48. The van der Waals surface area contributed by atoms with Crippen molar-refractivity contribution in [2.24, 2.45) is 5.41 Å². The van der Waals surface area contributed by atoms with Crippen molar-refractivity contribution in [3.63, 3.8) is 0 Å². The Balaban J connectivity index is 1.68. The molecule has 4 heteroatoms. The Kier molecular flexibility index (Phi) is 5.92. The molecular formula is C21H30N2O2.